The third kappa shape index (κ3) is 3.78. The van der Waals surface area contributed by atoms with Crippen molar-refractivity contribution >= 4 is 5.91 Å². The first-order valence-electron chi connectivity index (χ1n) is 7.65. The van der Waals surface area contributed by atoms with E-state index in [1.807, 2.05) is 39.0 Å². The smallest absolute Gasteiger partial charge is 0.246 e. The highest BCUT2D eigenvalue weighted by Crippen LogP contribution is 2.40. The van der Waals surface area contributed by atoms with Gasteiger partial charge < -0.3 is 19.9 Å². The van der Waals surface area contributed by atoms with Gasteiger partial charge in [0, 0.05) is 19.1 Å². The van der Waals surface area contributed by atoms with Gasteiger partial charge in [0.1, 0.15) is 18.0 Å². The topological polar surface area (TPSA) is 67.8 Å². The molecule has 0 bridgehead atoms. The fourth-order valence-electron chi connectivity index (χ4n) is 2.81. The van der Waals surface area contributed by atoms with E-state index >= 15 is 0 Å². The van der Waals surface area contributed by atoms with Gasteiger partial charge in [-0.25, -0.2) is 0 Å². The number of hydrogen-bond acceptors (Lipinski definition) is 4. The number of fused-ring (bicyclic) bond motifs is 1. The molecule has 0 saturated heterocycles. The number of hydrogen-bond donors (Lipinski definition) is 2. The Hall–Kier alpha value is -1.59. The number of ether oxygens (including phenoxy) is 2. The van der Waals surface area contributed by atoms with Crippen LogP contribution >= 0.6 is 0 Å². The highest BCUT2D eigenvalue weighted by atomic mass is 16.5. The molecule has 1 aliphatic rings. The Morgan fingerprint density at radius 2 is 2.27 bits per heavy atom. The van der Waals surface area contributed by atoms with E-state index in [1.54, 1.807) is 0 Å². The summed E-state index contributed by atoms with van der Waals surface area (Å²) in [5.41, 5.74) is 1.40. The molecule has 0 radical (unpaired) electrons. The minimum Gasteiger partial charge on any atom is -0.487 e. The number of methoxy groups -OCH3 is 1. The predicted molar refractivity (Wildman–Crippen MR) is 83.8 cm³/mol. The number of aliphatic hydroxyl groups excluding tert-OH is 1. The normalized spacial score (nSPS) is 20.7. The van der Waals surface area contributed by atoms with Crippen LogP contribution < -0.4 is 10.1 Å². The molecule has 2 atom stereocenters. The molecule has 1 aromatic carbocycles. The maximum Gasteiger partial charge on any atom is 0.246 e. The van der Waals surface area contributed by atoms with Gasteiger partial charge in [0.05, 0.1) is 12.1 Å². The largest absolute Gasteiger partial charge is 0.487 e. The Bertz CT molecular complexity index is 541. The number of rotatable bonds is 5. The molecule has 0 spiro atoms. The van der Waals surface area contributed by atoms with Crippen LogP contribution in [0.25, 0.3) is 0 Å². The lowest BCUT2D eigenvalue weighted by Crippen LogP contribution is -2.42. The molecule has 2 rings (SSSR count). The van der Waals surface area contributed by atoms with E-state index in [0.717, 1.165) is 16.9 Å². The lowest BCUT2D eigenvalue weighted by atomic mass is 9.88. The lowest BCUT2D eigenvalue weighted by Gasteiger charge is -2.38. The number of benzene rings is 1. The number of amides is 1. The summed E-state index contributed by atoms with van der Waals surface area (Å²) in [6.45, 7) is 5.96. The molecule has 0 aliphatic carbocycles. The van der Waals surface area contributed by atoms with Crippen LogP contribution in [0.3, 0.4) is 0 Å². The zero-order valence-corrected chi connectivity index (χ0v) is 13.7. The third-order valence-electron chi connectivity index (χ3n) is 3.87. The van der Waals surface area contributed by atoms with E-state index < -0.39 is 6.10 Å². The molecule has 0 fully saturated rings. The lowest BCUT2D eigenvalue weighted by molar-refractivity contribution is -0.126. The van der Waals surface area contributed by atoms with Gasteiger partial charge in [0.15, 0.2) is 0 Å². The van der Waals surface area contributed by atoms with Gasteiger partial charge in [0.2, 0.25) is 5.91 Å². The molecule has 5 nitrogen and oxygen atoms in total. The van der Waals surface area contributed by atoms with Gasteiger partial charge >= 0.3 is 0 Å². The van der Waals surface area contributed by atoms with E-state index in [4.69, 9.17) is 9.47 Å². The second-order valence-corrected chi connectivity index (χ2v) is 6.34. The fourth-order valence-corrected chi connectivity index (χ4v) is 2.81. The molecule has 1 aliphatic heterocycles. The van der Waals surface area contributed by atoms with Gasteiger partial charge in [-0.2, -0.15) is 0 Å². The SMILES string of the molecule is CCC(O)c1ccc2c(c1)C(NC(=O)COC)CC(C)(C)O2. The first-order chi connectivity index (χ1) is 10.4. The maximum atomic E-state index is 11.9. The number of carbonyl (C=O) groups excluding carboxylic acids is 1. The van der Waals surface area contributed by atoms with E-state index in [9.17, 15) is 9.90 Å². The number of carbonyl (C=O) groups is 1. The second kappa shape index (κ2) is 6.67. The Morgan fingerprint density at radius 3 is 2.91 bits per heavy atom. The second-order valence-electron chi connectivity index (χ2n) is 6.34. The van der Waals surface area contributed by atoms with Gasteiger partial charge in [-0.05, 0) is 38.0 Å². The number of aliphatic hydroxyl groups is 1. The first-order valence-corrected chi connectivity index (χ1v) is 7.65. The summed E-state index contributed by atoms with van der Waals surface area (Å²) in [5, 5.41) is 13.0. The van der Waals surface area contributed by atoms with Crippen LogP contribution in [0.1, 0.15) is 56.9 Å². The maximum absolute atomic E-state index is 11.9. The molecule has 1 amide bonds. The van der Waals surface area contributed by atoms with Crippen molar-refractivity contribution in [2.24, 2.45) is 0 Å². The van der Waals surface area contributed by atoms with Crippen LogP contribution in [0.4, 0.5) is 0 Å². The van der Waals surface area contributed by atoms with Crippen LogP contribution in [-0.4, -0.2) is 30.3 Å². The monoisotopic (exact) mass is 307 g/mol. The molecule has 0 saturated carbocycles. The molecule has 5 heteroatoms. The minimum atomic E-state index is -0.504. The molecular formula is C17H25NO4. The number of nitrogens with one attached hydrogen (secondary N) is 1. The minimum absolute atomic E-state index is 0.0321. The highest BCUT2D eigenvalue weighted by Gasteiger charge is 2.34. The fraction of sp³-hybridized carbons (Fsp3) is 0.588. The summed E-state index contributed by atoms with van der Waals surface area (Å²) in [5.74, 6) is 0.601. The molecule has 22 heavy (non-hydrogen) atoms. The molecule has 0 aromatic heterocycles. The van der Waals surface area contributed by atoms with Crippen molar-refractivity contribution in [1.29, 1.82) is 0 Å². The van der Waals surface area contributed by atoms with Crippen molar-refractivity contribution in [2.75, 3.05) is 13.7 Å². The van der Waals surface area contributed by atoms with E-state index in [2.05, 4.69) is 5.32 Å². The molecule has 2 unspecified atom stereocenters. The van der Waals surface area contributed by atoms with E-state index in [-0.39, 0.29) is 24.2 Å². The molecule has 1 heterocycles. The van der Waals surface area contributed by atoms with Gasteiger partial charge in [0.25, 0.3) is 0 Å². The predicted octanol–water partition coefficient (Wildman–Crippen LogP) is 2.49. The summed E-state index contributed by atoms with van der Waals surface area (Å²) in [6, 6.07) is 5.53. The molecule has 2 N–H and O–H groups in total. The summed E-state index contributed by atoms with van der Waals surface area (Å²) < 4.78 is 10.9. The molecule has 122 valence electrons. The van der Waals surface area contributed by atoms with Crippen LogP contribution in [0.5, 0.6) is 5.75 Å². The van der Waals surface area contributed by atoms with Crippen molar-refractivity contribution in [1.82, 2.24) is 5.32 Å². The Morgan fingerprint density at radius 1 is 1.55 bits per heavy atom. The van der Waals surface area contributed by atoms with Crippen LogP contribution in [0.15, 0.2) is 18.2 Å². The average Bonchev–Trinajstić information content (AvgIpc) is 2.45. The third-order valence-corrected chi connectivity index (χ3v) is 3.87. The van der Waals surface area contributed by atoms with Crippen LogP contribution in [0.2, 0.25) is 0 Å². The van der Waals surface area contributed by atoms with Crippen molar-refractivity contribution in [3.8, 4) is 5.75 Å². The standard InChI is InChI=1S/C17H25NO4/c1-5-14(19)11-6-7-15-12(8-11)13(9-17(2,3)22-15)18-16(20)10-21-4/h6-8,13-14,19H,5,9-10H2,1-4H3,(H,18,20). The average molecular weight is 307 g/mol. The zero-order chi connectivity index (χ0) is 16.3. The first kappa shape index (κ1) is 16.8. The van der Waals surface area contributed by atoms with Crippen LogP contribution in [0, 0.1) is 0 Å². The van der Waals surface area contributed by atoms with Gasteiger partial charge in [-0.3, -0.25) is 4.79 Å². The van der Waals surface area contributed by atoms with Crippen LogP contribution in [-0.2, 0) is 9.53 Å². The Balaban J connectivity index is 2.33. The van der Waals surface area contributed by atoms with E-state index in [1.165, 1.54) is 7.11 Å². The highest BCUT2D eigenvalue weighted by molar-refractivity contribution is 5.77. The zero-order valence-electron chi connectivity index (χ0n) is 13.7. The summed E-state index contributed by atoms with van der Waals surface area (Å²) in [4.78, 5) is 11.9. The van der Waals surface area contributed by atoms with Gasteiger partial charge in [-0.1, -0.05) is 13.0 Å². The summed E-state index contributed by atoms with van der Waals surface area (Å²) in [6.07, 6.45) is 0.808. The Kier molecular flexibility index (Phi) is 5.08. The van der Waals surface area contributed by atoms with Crippen molar-refractivity contribution in [2.45, 2.75) is 51.4 Å². The van der Waals surface area contributed by atoms with Crippen molar-refractivity contribution < 1.29 is 19.4 Å². The summed E-state index contributed by atoms with van der Waals surface area (Å²) in [7, 11) is 1.50. The van der Waals surface area contributed by atoms with Gasteiger partial charge in [-0.15, -0.1) is 0 Å². The Labute approximate surface area is 131 Å². The van der Waals surface area contributed by atoms with E-state index in [0.29, 0.717) is 12.8 Å². The van der Waals surface area contributed by atoms with Crippen molar-refractivity contribution in [3.63, 3.8) is 0 Å². The van der Waals surface area contributed by atoms with Crippen molar-refractivity contribution in [3.05, 3.63) is 29.3 Å². The quantitative estimate of drug-likeness (QED) is 0.877. The summed E-state index contributed by atoms with van der Waals surface area (Å²) >= 11 is 0. The molecule has 1 aromatic rings. The molecular weight excluding hydrogens is 282 g/mol.